The van der Waals surface area contributed by atoms with Gasteiger partial charge in [-0.15, -0.1) is 0 Å². The molecule has 0 saturated heterocycles. The summed E-state index contributed by atoms with van der Waals surface area (Å²) in [5, 5.41) is 8.15. The quantitative estimate of drug-likeness (QED) is 0.427. The van der Waals surface area contributed by atoms with Crippen LogP contribution in [0, 0.1) is 0 Å². The normalized spacial score (nSPS) is 10.6. The number of rotatable bonds is 4. The molecule has 48 valence electrons. The molecule has 0 bridgehead atoms. The number of aliphatic hydroxyl groups excluding tert-OH is 1. The van der Waals surface area contributed by atoms with Gasteiger partial charge in [-0.2, -0.15) is 0 Å². The zero-order valence-electron chi connectivity index (χ0n) is 5.01. The highest BCUT2D eigenvalue weighted by atomic mass is 16.2. The fourth-order valence-corrected chi connectivity index (χ4v) is 0.481. The van der Waals surface area contributed by atoms with E-state index in [-0.39, 0.29) is 0 Å². The summed E-state index contributed by atoms with van der Waals surface area (Å²) in [6.45, 7) is 0.749. The standard InChI is InChI=1S/C6H13NO/c7-5-3-1-2-4-6-8/h4,6,8H,1-3,5,7H2/b6-4+. The van der Waals surface area contributed by atoms with Gasteiger partial charge in [-0.3, -0.25) is 0 Å². The third-order valence-electron chi connectivity index (χ3n) is 0.930. The Morgan fingerprint density at radius 1 is 1.38 bits per heavy atom. The number of hydrogen-bond acceptors (Lipinski definition) is 2. The maximum Gasteiger partial charge on any atom is 0.0751 e. The molecule has 0 aliphatic carbocycles. The Morgan fingerprint density at radius 2 is 2.12 bits per heavy atom. The first-order chi connectivity index (χ1) is 3.91. The van der Waals surface area contributed by atoms with Crippen molar-refractivity contribution < 1.29 is 5.11 Å². The van der Waals surface area contributed by atoms with Crippen molar-refractivity contribution in [2.45, 2.75) is 19.3 Å². The number of unbranched alkanes of at least 4 members (excludes halogenated alkanes) is 2. The van der Waals surface area contributed by atoms with Crippen molar-refractivity contribution in [3.63, 3.8) is 0 Å². The zero-order valence-corrected chi connectivity index (χ0v) is 5.01. The van der Waals surface area contributed by atoms with Gasteiger partial charge < -0.3 is 10.8 Å². The molecule has 0 saturated carbocycles. The molecular formula is C6H13NO. The molecule has 3 N–H and O–H groups in total. The van der Waals surface area contributed by atoms with Gasteiger partial charge in [-0.25, -0.2) is 0 Å². The molecule has 2 nitrogen and oxygen atoms in total. The zero-order chi connectivity index (χ0) is 6.24. The van der Waals surface area contributed by atoms with Crippen molar-refractivity contribution in [3.8, 4) is 0 Å². The first-order valence-corrected chi connectivity index (χ1v) is 2.91. The van der Waals surface area contributed by atoms with E-state index in [0.29, 0.717) is 0 Å². The van der Waals surface area contributed by atoms with Gasteiger partial charge in [0.1, 0.15) is 0 Å². The Morgan fingerprint density at radius 3 is 2.62 bits per heavy atom. The Hall–Kier alpha value is -0.500. The van der Waals surface area contributed by atoms with Crippen molar-refractivity contribution >= 4 is 0 Å². The molecule has 0 heterocycles. The summed E-state index contributed by atoms with van der Waals surface area (Å²) in [5.41, 5.74) is 5.22. The van der Waals surface area contributed by atoms with Crippen LogP contribution in [0.3, 0.4) is 0 Å². The summed E-state index contributed by atoms with van der Waals surface area (Å²) >= 11 is 0. The van der Waals surface area contributed by atoms with E-state index in [9.17, 15) is 0 Å². The van der Waals surface area contributed by atoms with Gasteiger partial charge in [0, 0.05) is 0 Å². The summed E-state index contributed by atoms with van der Waals surface area (Å²) in [7, 11) is 0. The second-order valence-electron chi connectivity index (χ2n) is 1.67. The molecule has 0 unspecified atom stereocenters. The van der Waals surface area contributed by atoms with Gasteiger partial charge in [-0.1, -0.05) is 6.08 Å². The SMILES string of the molecule is NCCCC/C=C/O. The van der Waals surface area contributed by atoms with Gasteiger partial charge in [0.2, 0.25) is 0 Å². The summed E-state index contributed by atoms with van der Waals surface area (Å²) in [6.07, 6.45) is 5.87. The first-order valence-electron chi connectivity index (χ1n) is 2.91. The lowest BCUT2D eigenvalue weighted by Gasteiger charge is -1.88. The second kappa shape index (κ2) is 6.50. The van der Waals surface area contributed by atoms with Gasteiger partial charge in [0.05, 0.1) is 6.26 Å². The minimum Gasteiger partial charge on any atom is -0.516 e. The van der Waals surface area contributed by atoms with Crippen LogP contribution in [0.2, 0.25) is 0 Å². The van der Waals surface area contributed by atoms with E-state index < -0.39 is 0 Å². The number of aliphatic hydroxyl groups is 1. The third-order valence-corrected chi connectivity index (χ3v) is 0.930. The summed E-state index contributed by atoms with van der Waals surface area (Å²) in [4.78, 5) is 0. The fraction of sp³-hybridized carbons (Fsp3) is 0.667. The Labute approximate surface area is 50.0 Å². The van der Waals surface area contributed by atoms with Crippen LogP contribution in [-0.4, -0.2) is 11.7 Å². The lowest BCUT2D eigenvalue weighted by molar-refractivity contribution is 0.470. The molecule has 0 atom stereocenters. The van der Waals surface area contributed by atoms with Crippen LogP contribution in [0.5, 0.6) is 0 Å². The molecule has 0 amide bonds. The molecule has 0 spiro atoms. The van der Waals surface area contributed by atoms with E-state index >= 15 is 0 Å². The summed E-state index contributed by atoms with van der Waals surface area (Å²) in [5.74, 6) is 0. The lowest BCUT2D eigenvalue weighted by atomic mass is 10.2. The average Bonchev–Trinajstić information content (AvgIpc) is 1.81. The predicted molar refractivity (Wildman–Crippen MR) is 34.7 cm³/mol. The molecule has 0 radical (unpaired) electrons. The molecule has 0 aliphatic rings. The first kappa shape index (κ1) is 7.50. The van der Waals surface area contributed by atoms with Crippen molar-refractivity contribution in [1.82, 2.24) is 0 Å². The van der Waals surface area contributed by atoms with Gasteiger partial charge >= 0.3 is 0 Å². The largest absolute Gasteiger partial charge is 0.516 e. The van der Waals surface area contributed by atoms with Crippen LogP contribution < -0.4 is 5.73 Å². The van der Waals surface area contributed by atoms with Crippen LogP contribution >= 0.6 is 0 Å². The molecule has 0 aromatic heterocycles. The van der Waals surface area contributed by atoms with Crippen molar-refractivity contribution in [2.75, 3.05) is 6.54 Å². The summed E-state index contributed by atoms with van der Waals surface area (Å²) < 4.78 is 0. The van der Waals surface area contributed by atoms with E-state index in [4.69, 9.17) is 10.8 Å². The Kier molecular flexibility index (Phi) is 6.09. The fourth-order valence-electron chi connectivity index (χ4n) is 0.481. The molecule has 0 aliphatic heterocycles. The smallest absolute Gasteiger partial charge is 0.0751 e. The van der Waals surface area contributed by atoms with Gasteiger partial charge in [-0.05, 0) is 25.8 Å². The summed E-state index contributed by atoms with van der Waals surface area (Å²) in [6, 6.07) is 0. The predicted octanol–water partition coefficient (Wildman–Crippen LogP) is 1.19. The number of hydrogen-bond donors (Lipinski definition) is 2. The maximum absolute atomic E-state index is 8.15. The maximum atomic E-state index is 8.15. The monoisotopic (exact) mass is 115 g/mol. The molecule has 0 rings (SSSR count). The minimum absolute atomic E-state index is 0.749. The van der Waals surface area contributed by atoms with E-state index in [1.165, 1.54) is 0 Å². The average molecular weight is 115 g/mol. The van der Waals surface area contributed by atoms with Gasteiger partial charge in [0.15, 0.2) is 0 Å². The number of allylic oxidation sites excluding steroid dienone is 1. The Balaban J connectivity index is 2.72. The van der Waals surface area contributed by atoms with Crippen LogP contribution in [-0.2, 0) is 0 Å². The van der Waals surface area contributed by atoms with Crippen LogP contribution in [0.1, 0.15) is 19.3 Å². The molecular weight excluding hydrogens is 102 g/mol. The molecule has 0 fully saturated rings. The molecule has 8 heavy (non-hydrogen) atoms. The molecule has 0 aromatic carbocycles. The van der Waals surface area contributed by atoms with Crippen molar-refractivity contribution in [1.29, 1.82) is 0 Å². The highest BCUT2D eigenvalue weighted by molar-refractivity contribution is 4.70. The van der Waals surface area contributed by atoms with Crippen LogP contribution in [0.25, 0.3) is 0 Å². The molecule has 0 aromatic rings. The molecule has 2 heteroatoms. The minimum atomic E-state index is 0.749. The highest BCUT2D eigenvalue weighted by Gasteiger charge is 1.79. The van der Waals surface area contributed by atoms with E-state index in [1.807, 2.05) is 0 Å². The lowest BCUT2D eigenvalue weighted by Crippen LogP contribution is -1.96. The Bertz CT molecular complexity index is 61.5. The highest BCUT2D eigenvalue weighted by Crippen LogP contribution is 1.92. The van der Waals surface area contributed by atoms with E-state index in [1.54, 1.807) is 6.08 Å². The van der Waals surface area contributed by atoms with E-state index in [0.717, 1.165) is 32.1 Å². The van der Waals surface area contributed by atoms with Crippen LogP contribution in [0.4, 0.5) is 0 Å². The number of nitrogens with two attached hydrogens (primary N) is 1. The van der Waals surface area contributed by atoms with Gasteiger partial charge in [0.25, 0.3) is 0 Å². The van der Waals surface area contributed by atoms with Crippen molar-refractivity contribution in [2.24, 2.45) is 5.73 Å². The van der Waals surface area contributed by atoms with E-state index in [2.05, 4.69) is 0 Å². The topological polar surface area (TPSA) is 46.2 Å². The third kappa shape index (κ3) is 5.50. The second-order valence-corrected chi connectivity index (χ2v) is 1.67. The van der Waals surface area contributed by atoms with Crippen molar-refractivity contribution in [3.05, 3.63) is 12.3 Å². The van der Waals surface area contributed by atoms with Crippen LogP contribution in [0.15, 0.2) is 12.3 Å².